The van der Waals surface area contributed by atoms with E-state index in [1.165, 1.54) is 23.1 Å². The highest BCUT2D eigenvalue weighted by Gasteiger charge is 2.22. The number of thiophene rings is 1. The van der Waals surface area contributed by atoms with Crippen LogP contribution >= 0.6 is 11.3 Å². The molecule has 0 spiro atoms. The zero-order valence-corrected chi connectivity index (χ0v) is 13.7. The minimum atomic E-state index is 0.730. The monoisotopic (exact) mass is 304 g/mol. The highest BCUT2D eigenvalue weighted by Crippen LogP contribution is 2.32. The minimum absolute atomic E-state index is 0.730. The van der Waals surface area contributed by atoms with Crippen molar-refractivity contribution in [1.29, 1.82) is 0 Å². The number of nitrogens with one attached hydrogen (secondary N) is 1. The van der Waals surface area contributed by atoms with Gasteiger partial charge in [-0.15, -0.1) is 11.3 Å². The van der Waals surface area contributed by atoms with Crippen molar-refractivity contribution in [2.24, 2.45) is 5.92 Å². The molecule has 114 valence electrons. The average Bonchev–Trinajstić information content (AvgIpc) is 2.96. The third-order valence-corrected chi connectivity index (χ3v) is 5.40. The summed E-state index contributed by atoms with van der Waals surface area (Å²) in [7, 11) is 0. The van der Waals surface area contributed by atoms with Crippen molar-refractivity contribution < 1.29 is 0 Å². The van der Waals surface area contributed by atoms with Gasteiger partial charge in [0.2, 0.25) is 0 Å². The lowest BCUT2D eigenvalue weighted by atomic mass is 9.98. The molecule has 3 rings (SSSR count). The van der Waals surface area contributed by atoms with E-state index in [4.69, 9.17) is 0 Å². The molecule has 1 aliphatic heterocycles. The van der Waals surface area contributed by atoms with Crippen molar-refractivity contribution in [3.8, 4) is 0 Å². The molecule has 1 saturated heterocycles. The van der Waals surface area contributed by atoms with Crippen LogP contribution in [-0.4, -0.2) is 36.1 Å². The Morgan fingerprint density at radius 3 is 3.10 bits per heavy atom. The third kappa shape index (κ3) is 3.19. The van der Waals surface area contributed by atoms with Gasteiger partial charge in [0.05, 0.1) is 5.39 Å². The van der Waals surface area contributed by atoms with Crippen molar-refractivity contribution in [3.63, 3.8) is 0 Å². The second-order valence-electron chi connectivity index (χ2n) is 5.74. The fourth-order valence-electron chi connectivity index (χ4n) is 3.09. The highest BCUT2D eigenvalue weighted by atomic mass is 32.1. The summed E-state index contributed by atoms with van der Waals surface area (Å²) >= 11 is 1.80. The molecule has 1 unspecified atom stereocenters. The Kier molecular flexibility index (Phi) is 4.70. The first-order valence-electron chi connectivity index (χ1n) is 8.00. The maximum absolute atomic E-state index is 4.59. The molecule has 1 fully saturated rings. The maximum atomic E-state index is 4.59. The summed E-state index contributed by atoms with van der Waals surface area (Å²) in [5.74, 6) is 1.87. The predicted molar refractivity (Wildman–Crippen MR) is 90.3 cm³/mol. The number of nitrogens with zero attached hydrogens (tertiary/aromatic N) is 3. The summed E-state index contributed by atoms with van der Waals surface area (Å²) < 4.78 is 0. The number of piperidine rings is 1. The van der Waals surface area contributed by atoms with E-state index in [0.29, 0.717) is 0 Å². The fourth-order valence-corrected chi connectivity index (χ4v) is 4.02. The molecule has 2 aromatic heterocycles. The van der Waals surface area contributed by atoms with E-state index < -0.39 is 0 Å². The van der Waals surface area contributed by atoms with E-state index in [1.807, 2.05) is 0 Å². The molecule has 2 aromatic rings. The Morgan fingerprint density at radius 1 is 1.38 bits per heavy atom. The fraction of sp³-hybridized carbons (Fsp3) is 0.625. The van der Waals surface area contributed by atoms with Gasteiger partial charge < -0.3 is 10.2 Å². The van der Waals surface area contributed by atoms with Crippen molar-refractivity contribution >= 4 is 27.4 Å². The molecule has 0 radical (unpaired) electrons. The molecule has 0 bridgehead atoms. The molecule has 0 amide bonds. The molecule has 5 heteroatoms. The van der Waals surface area contributed by atoms with Crippen molar-refractivity contribution in [2.75, 3.05) is 31.1 Å². The van der Waals surface area contributed by atoms with Crippen LogP contribution in [0.15, 0.2) is 12.4 Å². The van der Waals surface area contributed by atoms with Gasteiger partial charge in [0.15, 0.2) is 0 Å². The number of aryl methyl sites for hydroxylation is 1. The normalized spacial score (nSPS) is 19.3. The Morgan fingerprint density at radius 2 is 2.29 bits per heavy atom. The molecule has 1 N–H and O–H groups in total. The number of hydrogen-bond donors (Lipinski definition) is 1. The summed E-state index contributed by atoms with van der Waals surface area (Å²) in [5, 5.41) is 4.72. The molecular weight excluding hydrogens is 280 g/mol. The van der Waals surface area contributed by atoms with Gasteiger partial charge in [-0.1, -0.05) is 13.8 Å². The van der Waals surface area contributed by atoms with Crippen LogP contribution < -0.4 is 10.2 Å². The molecule has 3 heterocycles. The number of anilines is 1. The smallest absolute Gasteiger partial charge is 0.140 e. The van der Waals surface area contributed by atoms with Gasteiger partial charge in [-0.25, -0.2) is 9.97 Å². The third-order valence-electron chi connectivity index (χ3n) is 4.21. The summed E-state index contributed by atoms with van der Waals surface area (Å²) in [5.41, 5.74) is 0. The Balaban J connectivity index is 1.83. The molecular formula is C16H24N4S. The quantitative estimate of drug-likeness (QED) is 0.921. The lowest BCUT2D eigenvalue weighted by Crippen LogP contribution is -2.40. The van der Waals surface area contributed by atoms with Gasteiger partial charge >= 0.3 is 0 Å². The summed E-state index contributed by atoms with van der Waals surface area (Å²) in [6.07, 6.45) is 5.37. The van der Waals surface area contributed by atoms with Gasteiger partial charge in [0.25, 0.3) is 0 Å². The first-order chi connectivity index (χ1) is 10.3. The van der Waals surface area contributed by atoms with E-state index in [9.17, 15) is 0 Å². The molecule has 1 aliphatic rings. The van der Waals surface area contributed by atoms with Crippen LogP contribution in [0.4, 0.5) is 5.82 Å². The van der Waals surface area contributed by atoms with E-state index in [1.54, 1.807) is 17.7 Å². The second kappa shape index (κ2) is 6.71. The topological polar surface area (TPSA) is 41.0 Å². The Bertz CT molecular complexity index is 595. The first-order valence-corrected chi connectivity index (χ1v) is 8.82. The number of fused-ring (bicyclic) bond motifs is 1. The van der Waals surface area contributed by atoms with Crippen molar-refractivity contribution in [2.45, 2.75) is 33.1 Å². The SMILES string of the molecule is CCNCC1CCCN(c2ncnc3sc(CC)cc23)C1. The van der Waals surface area contributed by atoms with Crippen LogP contribution in [0.25, 0.3) is 10.2 Å². The zero-order valence-electron chi connectivity index (χ0n) is 12.9. The minimum Gasteiger partial charge on any atom is -0.356 e. The maximum Gasteiger partial charge on any atom is 0.140 e. The summed E-state index contributed by atoms with van der Waals surface area (Å²) in [6.45, 7) is 8.77. The summed E-state index contributed by atoms with van der Waals surface area (Å²) in [6, 6.07) is 2.28. The van der Waals surface area contributed by atoms with Crippen molar-refractivity contribution in [3.05, 3.63) is 17.3 Å². The van der Waals surface area contributed by atoms with Crippen LogP contribution in [0.3, 0.4) is 0 Å². The zero-order chi connectivity index (χ0) is 14.7. The number of aromatic nitrogens is 2. The largest absolute Gasteiger partial charge is 0.356 e. The van der Waals surface area contributed by atoms with E-state index in [0.717, 1.165) is 49.2 Å². The van der Waals surface area contributed by atoms with Crippen LogP contribution in [0.2, 0.25) is 0 Å². The number of rotatable bonds is 5. The van der Waals surface area contributed by atoms with E-state index in [2.05, 4.69) is 40.1 Å². The molecule has 0 aromatic carbocycles. The molecule has 4 nitrogen and oxygen atoms in total. The second-order valence-corrected chi connectivity index (χ2v) is 6.86. The van der Waals surface area contributed by atoms with Gasteiger partial charge in [-0.05, 0) is 44.3 Å². The number of hydrogen-bond acceptors (Lipinski definition) is 5. The van der Waals surface area contributed by atoms with Gasteiger partial charge in [-0.2, -0.15) is 0 Å². The molecule has 0 aliphatic carbocycles. The van der Waals surface area contributed by atoms with Crippen LogP contribution in [-0.2, 0) is 6.42 Å². The average molecular weight is 304 g/mol. The van der Waals surface area contributed by atoms with Crippen LogP contribution in [0, 0.1) is 5.92 Å². The van der Waals surface area contributed by atoms with Crippen LogP contribution in [0.1, 0.15) is 31.6 Å². The molecule has 1 atom stereocenters. The van der Waals surface area contributed by atoms with Gasteiger partial charge in [0, 0.05) is 18.0 Å². The first kappa shape index (κ1) is 14.7. The van der Waals surface area contributed by atoms with Crippen molar-refractivity contribution in [1.82, 2.24) is 15.3 Å². The van der Waals surface area contributed by atoms with E-state index in [-0.39, 0.29) is 0 Å². The lowest BCUT2D eigenvalue weighted by molar-refractivity contribution is 0.394. The molecule has 21 heavy (non-hydrogen) atoms. The lowest BCUT2D eigenvalue weighted by Gasteiger charge is -2.34. The van der Waals surface area contributed by atoms with E-state index >= 15 is 0 Å². The van der Waals surface area contributed by atoms with Crippen LogP contribution in [0.5, 0.6) is 0 Å². The van der Waals surface area contributed by atoms with Gasteiger partial charge in [-0.3, -0.25) is 0 Å². The Labute approximate surface area is 130 Å². The standard InChI is InChI=1S/C16H24N4S/c1-3-13-8-14-15(18-11-19-16(14)21-13)20-7-5-6-12(10-20)9-17-4-2/h8,11-12,17H,3-7,9-10H2,1-2H3. The molecule has 0 saturated carbocycles. The Hall–Kier alpha value is -1.20. The van der Waals surface area contributed by atoms with Gasteiger partial charge in [0.1, 0.15) is 17.0 Å². The summed E-state index contributed by atoms with van der Waals surface area (Å²) in [4.78, 5) is 14.0. The predicted octanol–water partition coefficient (Wildman–Crippen LogP) is 3.08. The highest BCUT2D eigenvalue weighted by molar-refractivity contribution is 7.18.